The van der Waals surface area contributed by atoms with Crippen LogP contribution in [0.4, 0.5) is 19.0 Å². The van der Waals surface area contributed by atoms with Gasteiger partial charge in [-0.05, 0) is 12.1 Å². The number of carboxylic acids is 3. The summed E-state index contributed by atoms with van der Waals surface area (Å²) in [4.78, 5) is 72.4. The van der Waals surface area contributed by atoms with Crippen LogP contribution in [-0.4, -0.2) is 90.1 Å². The van der Waals surface area contributed by atoms with Crippen molar-refractivity contribution in [3.8, 4) is 11.5 Å². The first kappa shape index (κ1) is 32.5. The van der Waals surface area contributed by atoms with Gasteiger partial charge >= 0.3 is 24.1 Å². The zero-order valence-electron chi connectivity index (χ0n) is 21.3. The lowest BCUT2D eigenvalue weighted by Crippen LogP contribution is -2.43. The Hall–Kier alpha value is -5.75. The van der Waals surface area contributed by atoms with Crippen LogP contribution in [0.1, 0.15) is 22.5 Å². The number of aliphatic carboxylic acids is 3. The number of hydrogen-bond donors (Lipinski definition) is 6. The summed E-state index contributed by atoms with van der Waals surface area (Å²) < 4.78 is 33.0. The number of aromatic amines is 1. The number of H-pyrrole nitrogens is 1. The predicted octanol–water partition coefficient (Wildman–Crippen LogP) is 1.18. The maximum absolute atomic E-state index is 12.8. The number of oxime groups is 1. The molecule has 2 aromatic heterocycles. The topological polar surface area (TPSA) is 238 Å². The second kappa shape index (κ2) is 14.6. The summed E-state index contributed by atoms with van der Waals surface area (Å²) in [5, 5.41) is 33.6. The van der Waals surface area contributed by atoms with E-state index in [1.54, 1.807) is 30.3 Å². The molecule has 2 heterocycles. The third kappa shape index (κ3) is 9.77. The normalized spacial score (nSPS) is 11.6. The highest BCUT2D eigenvalue weighted by Crippen LogP contribution is 2.25. The monoisotopic (exact) mass is 597 g/mol. The summed E-state index contributed by atoms with van der Waals surface area (Å²) in [6.45, 7) is -0.459. The quantitative estimate of drug-likeness (QED) is 0.135. The number of carbonyl (C=O) groups is 5. The molecule has 0 radical (unpaired) electrons. The maximum atomic E-state index is 12.8. The van der Waals surface area contributed by atoms with Crippen LogP contribution in [0.2, 0.25) is 0 Å². The Morgan fingerprint density at radius 2 is 1.76 bits per heavy atom. The highest BCUT2D eigenvalue weighted by atomic mass is 19.4. The van der Waals surface area contributed by atoms with Gasteiger partial charge in [0.25, 0.3) is 5.91 Å². The molecule has 3 rings (SSSR count). The highest BCUT2D eigenvalue weighted by molar-refractivity contribution is 6.05. The van der Waals surface area contributed by atoms with Gasteiger partial charge in [-0.15, -0.1) is 0 Å². The molecule has 2 amide bonds. The van der Waals surface area contributed by atoms with E-state index >= 15 is 0 Å². The number of imidazole rings is 2. The summed E-state index contributed by atoms with van der Waals surface area (Å²) in [5.41, 5.74) is 1.02. The molecule has 42 heavy (non-hydrogen) atoms. The number of amides is 2. The minimum Gasteiger partial charge on any atom is -0.481 e. The average Bonchev–Trinajstić information content (AvgIpc) is 3.54. The number of rotatable bonds is 11. The average molecular weight is 597 g/mol. The third-order valence-corrected chi connectivity index (χ3v) is 4.79. The third-order valence-electron chi connectivity index (χ3n) is 4.79. The lowest BCUT2D eigenvalue weighted by molar-refractivity contribution is -0.192. The number of carbonyl (C=O) groups excluding carboxylic acids is 2. The number of alkyl halides is 3. The van der Waals surface area contributed by atoms with Crippen molar-refractivity contribution in [2.24, 2.45) is 5.16 Å². The van der Waals surface area contributed by atoms with Gasteiger partial charge in [0.05, 0.1) is 30.9 Å². The van der Waals surface area contributed by atoms with Crippen LogP contribution in [-0.2, 0) is 30.6 Å². The van der Waals surface area contributed by atoms with E-state index in [0.717, 1.165) is 0 Å². The molecule has 1 aromatic carbocycles. The number of carboxylic acid groups (broad SMARTS) is 3. The molecule has 19 heteroatoms. The molecule has 0 fully saturated rings. The Labute approximate surface area is 232 Å². The van der Waals surface area contributed by atoms with E-state index in [0.29, 0.717) is 11.3 Å². The fourth-order valence-corrected chi connectivity index (χ4v) is 2.98. The summed E-state index contributed by atoms with van der Waals surface area (Å²) in [6, 6.07) is 6.68. The lowest BCUT2D eigenvalue weighted by Gasteiger charge is -2.14. The molecule has 3 aromatic rings. The van der Waals surface area contributed by atoms with Crippen LogP contribution in [0.5, 0.6) is 0 Å². The Morgan fingerprint density at radius 3 is 2.31 bits per heavy atom. The first-order valence-corrected chi connectivity index (χ1v) is 11.3. The van der Waals surface area contributed by atoms with E-state index in [2.05, 4.69) is 35.6 Å². The molecular weight excluding hydrogens is 575 g/mol. The van der Waals surface area contributed by atoms with Gasteiger partial charge < -0.3 is 40.3 Å². The van der Waals surface area contributed by atoms with E-state index in [1.807, 2.05) is 0 Å². The zero-order valence-corrected chi connectivity index (χ0v) is 21.3. The van der Waals surface area contributed by atoms with E-state index in [4.69, 9.17) is 20.1 Å². The number of nitrogens with one attached hydrogen (secondary N) is 3. The van der Waals surface area contributed by atoms with Crippen molar-refractivity contribution in [2.45, 2.75) is 25.2 Å². The Morgan fingerprint density at radius 1 is 1.12 bits per heavy atom. The molecule has 0 unspecified atom stereocenters. The first-order chi connectivity index (χ1) is 19.7. The molecule has 16 nitrogen and oxygen atoms in total. The SMILES string of the molecule is CO/N=C\c1cnc(-c2ncn(CC(=O)N[C@@H](CC(=O)O)C(=O)O)c2NC(=O)c2ccccc2)[nH]1.O=C(O)C(F)(F)F. The van der Waals surface area contributed by atoms with Gasteiger partial charge in [-0.3, -0.25) is 14.4 Å². The zero-order chi connectivity index (χ0) is 31.4. The number of hydrogen-bond acceptors (Lipinski definition) is 9. The highest BCUT2D eigenvalue weighted by Gasteiger charge is 2.38. The van der Waals surface area contributed by atoms with E-state index in [1.165, 1.54) is 30.4 Å². The van der Waals surface area contributed by atoms with Gasteiger partial charge in [-0.1, -0.05) is 23.4 Å². The van der Waals surface area contributed by atoms with Gasteiger partial charge in [0.2, 0.25) is 5.91 Å². The summed E-state index contributed by atoms with van der Waals surface area (Å²) in [7, 11) is 1.38. The number of halogens is 3. The van der Waals surface area contributed by atoms with E-state index in [9.17, 15) is 32.3 Å². The Balaban J connectivity index is 0.000000782. The molecule has 0 aliphatic rings. The van der Waals surface area contributed by atoms with Gasteiger partial charge in [0.1, 0.15) is 31.2 Å². The fourth-order valence-electron chi connectivity index (χ4n) is 2.98. The molecule has 6 N–H and O–H groups in total. The Kier molecular flexibility index (Phi) is 11.3. The minimum absolute atomic E-state index is 0.101. The molecule has 1 atom stereocenters. The van der Waals surface area contributed by atoms with Crippen molar-refractivity contribution in [3.63, 3.8) is 0 Å². The van der Waals surface area contributed by atoms with Crippen LogP contribution in [0, 0.1) is 0 Å². The molecule has 0 spiro atoms. The van der Waals surface area contributed by atoms with E-state index < -0.39 is 54.9 Å². The van der Waals surface area contributed by atoms with Gasteiger partial charge in [-0.25, -0.2) is 19.6 Å². The largest absolute Gasteiger partial charge is 0.490 e. The number of benzene rings is 1. The van der Waals surface area contributed by atoms with Crippen LogP contribution in [0.3, 0.4) is 0 Å². The van der Waals surface area contributed by atoms with Crippen molar-refractivity contribution in [2.75, 3.05) is 12.4 Å². The van der Waals surface area contributed by atoms with Crippen molar-refractivity contribution < 1.29 is 57.3 Å². The number of nitrogens with zero attached hydrogens (tertiary/aromatic N) is 4. The second-order valence-electron chi connectivity index (χ2n) is 7.85. The number of aromatic nitrogens is 4. The van der Waals surface area contributed by atoms with Gasteiger partial charge in [-0.2, -0.15) is 13.2 Å². The first-order valence-electron chi connectivity index (χ1n) is 11.3. The summed E-state index contributed by atoms with van der Waals surface area (Å²) >= 11 is 0. The van der Waals surface area contributed by atoms with Crippen LogP contribution in [0.15, 0.2) is 48.0 Å². The molecule has 0 aliphatic carbocycles. The standard InChI is InChI=1S/C21H21N7O7.C2HF3O2/c1-35-24-9-13-8-22-18(25-13)17-19(27-20(32)12-5-3-2-4-6-12)28(11-23-17)10-15(29)26-14(21(33)34)7-16(30)31;3-2(4,5)1(6)7/h2-6,8-9,11,14H,7,10H2,1H3,(H,22,25)(H,26,29)(H,27,32)(H,30,31)(H,33,34);(H,6,7)/b24-9-;/t14-;/m0./s1. The molecule has 0 saturated heterocycles. The van der Waals surface area contributed by atoms with E-state index in [-0.39, 0.29) is 17.3 Å². The van der Waals surface area contributed by atoms with Crippen molar-refractivity contribution >= 4 is 41.8 Å². The summed E-state index contributed by atoms with van der Waals surface area (Å²) in [6.07, 6.45) is -1.80. The summed E-state index contributed by atoms with van der Waals surface area (Å²) in [5.74, 6) is -6.58. The predicted molar refractivity (Wildman–Crippen MR) is 134 cm³/mol. The lowest BCUT2D eigenvalue weighted by atomic mass is 10.2. The second-order valence-corrected chi connectivity index (χ2v) is 7.85. The molecule has 0 aliphatic heterocycles. The van der Waals surface area contributed by atoms with Crippen LogP contribution in [0.25, 0.3) is 11.5 Å². The maximum Gasteiger partial charge on any atom is 0.490 e. The molecule has 224 valence electrons. The van der Waals surface area contributed by atoms with Crippen molar-refractivity contribution in [1.82, 2.24) is 24.8 Å². The van der Waals surface area contributed by atoms with Crippen molar-refractivity contribution in [1.29, 1.82) is 0 Å². The van der Waals surface area contributed by atoms with Crippen LogP contribution < -0.4 is 10.6 Å². The smallest absolute Gasteiger partial charge is 0.481 e. The van der Waals surface area contributed by atoms with Gasteiger partial charge in [0, 0.05) is 5.56 Å². The molecule has 0 saturated carbocycles. The molecule has 0 bridgehead atoms. The Bertz CT molecular complexity index is 1450. The van der Waals surface area contributed by atoms with Crippen molar-refractivity contribution in [3.05, 3.63) is 54.1 Å². The fraction of sp³-hybridized carbons (Fsp3) is 0.217. The molecular formula is C23H22F3N7O9. The van der Waals surface area contributed by atoms with Gasteiger partial charge in [0.15, 0.2) is 5.82 Å². The van der Waals surface area contributed by atoms with Crippen LogP contribution >= 0.6 is 0 Å². The minimum atomic E-state index is -5.08. The number of anilines is 1.